The van der Waals surface area contributed by atoms with E-state index in [1.807, 2.05) is 0 Å². The summed E-state index contributed by atoms with van der Waals surface area (Å²) in [6.45, 7) is -0.145. The molecule has 0 radical (unpaired) electrons. The minimum atomic E-state index is -0.381. The smallest absolute Gasteiger partial charge is 0.273 e. The molecular formula is C19H15ClFN3O2S. The van der Waals surface area contributed by atoms with Crippen LogP contribution < -0.4 is 5.32 Å². The molecule has 0 fully saturated rings. The van der Waals surface area contributed by atoms with Crippen LogP contribution in [0.15, 0.2) is 53.9 Å². The maximum atomic E-state index is 13.0. The lowest BCUT2D eigenvalue weighted by atomic mass is 10.2. The summed E-state index contributed by atoms with van der Waals surface area (Å²) in [7, 11) is 1.52. The van der Waals surface area contributed by atoms with E-state index in [0.717, 1.165) is 5.56 Å². The van der Waals surface area contributed by atoms with E-state index in [1.165, 1.54) is 35.4 Å². The molecule has 1 aromatic heterocycles. The van der Waals surface area contributed by atoms with Gasteiger partial charge in [0.1, 0.15) is 16.5 Å². The second-order valence-electron chi connectivity index (χ2n) is 5.73. The molecule has 0 atom stereocenters. The van der Waals surface area contributed by atoms with Crippen molar-refractivity contribution in [2.24, 2.45) is 0 Å². The highest BCUT2D eigenvalue weighted by atomic mass is 35.5. The summed E-state index contributed by atoms with van der Waals surface area (Å²) < 4.78 is 13.0. The predicted molar refractivity (Wildman–Crippen MR) is 105 cm³/mol. The zero-order valence-electron chi connectivity index (χ0n) is 14.3. The van der Waals surface area contributed by atoms with Gasteiger partial charge in [-0.1, -0.05) is 23.7 Å². The van der Waals surface area contributed by atoms with Crippen LogP contribution in [0, 0.1) is 5.82 Å². The number of anilines is 1. The highest BCUT2D eigenvalue weighted by Gasteiger charge is 2.19. The van der Waals surface area contributed by atoms with Gasteiger partial charge in [-0.05, 0) is 36.4 Å². The lowest BCUT2D eigenvalue weighted by molar-refractivity contribution is -0.116. The molecule has 1 heterocycles. The van der Waals surface area contributed by atoms with E-state index >= 15 is 0 Å². The number of likely N-dealkylation sites (N-methyl/N-ethyl adjacent to an activating group) is 1. The van der Waals surface area contributed by atoms with Crippen LogP contribution in [0.5, 0.6) is 0 Å². The Kier molecular flexibility index (Phi) is 5.83. The van der Waals surface area contributed by atoms with Gasteiger partial charge in [0, 0.05) is 18.0 Å². The van der Waals surface area contributed by atoms with Gasteiger partial charge in [-0.25, -0.2) is 9.37 Å². The van der Waals surface area contributed by atoms with E-state index in [1.54, 1.807) is 41.8 Å². The van der Waals surface area contributed by atoms with Crippen molar-refractivity contribution in [3.8, 4) is 10.6 Å². The second kappa shape index (κ2) is 8.28. The van der Waals surface area contributed by atoms with Gasteiger partial charge in [0.25, 0.3) is 5.91 Å². The van der Waals surface area contributed by atoms with Crippen molar-refractivity contribution in [2.45, 2.75) is 0 Å². The van der Waals surface area contributed by atoms with Gasteiger partial charge in [0.05, 0.1) is 17.3 Å². The number of hydrogen-bond donors (Lipinski definition) is 1. The molecular weight excluding hydrogens is 389 g/mol. The molecule has 1 N–H and O–H groups in total. The number of para-hydroxylation sites is 1. The highest BCUT2D eigenvalue weighted by Crippen LogP contribution is 2.24. The second-order valence-corrected chi connectivity index (χ2v) is 7.00. The summed E-state index contributed by atoms with van der Waals surface area (Å²) in [4.78, 5) is 30.2. The van der Waals surface area contributed by atoms with E-state index < -0.39 is 0 Å². The minimum absolute atomic E-state index is 0.145. The Morgan fingerprint density at radius 1 is 1.19 bits per heavy atom. The summed E-state index contributed by atoms with van der Waals surface area (Å²) in [5.41, 5.74) is 1.43. The number of hydrogen-bond acceptors (Lipinski definition) is 4. The number of thiazole rings is 1. The Hall–Kier alpha value is -2.77. The number of benzene rings is 2. The molecule has 5 nitrogen and oxygen atoms in total. The van der Waals surface area contributed by atoms with Crippen LogP contribution >= 0.6 is 22.9 Å². The van der Waals surface area contributed by atoms with Crippen molar-refractivity contribution in [3.05, 3.63) is 70.4 Å². The molecule has 0 unspecified atom stereocenters. The number of rotatable bonds is 5. The van der Waals surface area contributed by atoms with E-state index in [9.17, 15) is 14.0 Å². The van der Waals surface area contributed by atoms with E-state index in [4.69, 9.17) is 11.6 Å². The van der Waals surface area contributed by atoms with Gasteiger partial charge >= 0.3 is 0 Å². The van der Waals surface area contributed by atoms with Gasteiger partial charge in [-0.2, -0.15) is 0 Å². The number of amides is 2. The van der Waals surface area contributed by atoms with Gasteiger partial charge in [0.15, 0.2) is 0 Å². The largest absolute Gasteiger partial charge is 0.331 e. The lowest BCUT2D eigenvalue weighted by Crippen LogP contribution is -2.35. The standard InChI is InChI=1S/C19H15ClFN3O2S/c1-24(10-17(25)22-15-5-3-2-4-14(15)20)19(26)16-11-27-18(23-16)12-6-8-13(21)9-7-12/h2-9,11H,10H2,1H3,(H,22,25). The van der Waals surface area contributed by atoms with Crippen LogP contribution in [-0.2, 0) is 4.79 Å². The average Bonchev–Trinajstić information content (AvgIpc) is 3.13. The van der Waals surface area contributed by atoms with E-state index in [-0.39, 0.29) is 29.9 Å². The number of halogens is 2. The third-order valence-corrected chi connectivity index (χ3v) is 4.91. The number of carbonyl (C=O) groups is 2. The quantitative estimate of drug-likeness (QED) is 0.690. The third-order valence-electron chi connectivity index (χ3n) is 3.69. The zero-order chi connectivity index (χ0) is 19.4. The molecule has 0 bridgehead atoms. The van der Waals surface area contributed by atoms with Crippen LogP contribution in [0.4, 0.5) is 10.1 Å². The average molecular weight is 404 g/mol. The maximum Gasteiger partial charge on any atom is 0.273 e. The molecule has 0 aliphatic heterocycles. The Labute approximate surface area is 164 Å². The highest BCUT2D eigenvalue weighted by molar-refractivity contribution is 7.13. The summed E-state index contributed by atoms with van der Waals surface area (Å²) in [6, 6.07) is 12.7. The first-order valence-electron chi connectivity index (χ1n) is 7.95. The van der Waals surface area contributed by atoms with Gasteiger partial charge in [-0.3, -0.25) is 9.59 Å². The van der Waals surface area contributed by atoms with Crippen molar-refractivity contribution in [1.29, 1.82) is 0 Å². The van der Waals surface area contributed by atoms with Crippen molar-refractivity contribution >= 4 is 40.4 Å². The molecule has 3 rings (SSSR count). The first kappa shape index (κ1) is 19.0. The Bertz CT molecular complexity index is 975. The van der Waals surface area contributed by atoms with Crippen LogP contribution in [0.3, 0.4) is 0 Å². The molecule has 2 amide bonds. The van der Waals surface area contributed by atoms with E-state index in [0.29, 0.717) is 15.7 Å². The molecule has 138 valence electrons. The number of nitrogens with zero attached hydrogens (tertiary/aromatic N) is 2. The molecule has 2 aromatic carbocycles. The number of carbonyl (C=O) groups excluding carboxylic acids is 2. The first-order chi connectivity index (χ1) is 12.9. The Morgan fingerprint density at radius 3 is 2.59 bits per heavy atom. The molecule has 8 heteroatoms. The molecule has 0 saturated heterocycles. The molecule has 0 aliphatic rings. The van der Waals surface area contributed by atoms with E-state index in [2.05, 4.69) is 10.3 Å². The van der Waals surface area contributed by atoms with Crippen molar-refractivity contribution in [2.75, 3.05) is 18.9 Å². The van der Waals surface area contributed by atoms with Gasteiger partial charge < -0.3 is 10.2 Å². The van der Waals surface area contributed by atoms with Crippen molar-refractivity contribution in [1.82, 2.24) is 9.88 Å². The van der Waals surface area contributed by atoms with Gasteiger partial charge in [-0.15, -0.1) is 11.3 Å². The monoisotopic (exact) mass is 403 g/mol. The minimum Gasteiger partial charge on any atom is -0.331 e. The molecule has 0 spiro atoms. The van der Waals surface area contributed by atoms with Crippen LogP contribution in [0.25, 0.3) is 10.6 Å². The Balaban J connectivity index is 1.64. The summed E-state index contributed by atoms with van der Waals surface area (Å²) >= 11 is 7.29. The third kappa shape index (κ3) is 4.69. The van der Waals surface area contributed by atoms with Crippen LogP contribution in [0.1, 0.15) is 10.5 Å². The molecule has 0 saturated carbocycles. The zero-order valence-corrected chi connectivity index (χ0v) is 15.9. The van der Waals surface area contributed by atoms with Crippen LogP contribution in [0.2, 0.25) is 5.02 Å². The normalized spacial score (nSPS) is 10.5. The van der Waals surface area contributed by atoms with Crippen molar-refractivity contribution < 1.29 is 14.0 Å². The Morgan fingerprint density at radius 2 is 1.89 bits per heavy atom. The fourth-order valence-corrected chi connectivity index (χ4v) is 3.32. The lowest BCUT2D eigenvalue weighted by Gasteiger charge is -2.16. The SMILES string of the molecule is CN(CC(=O)Nc1ccccc1Cl)C(=O)c1csc(-c2ccc(F)cc2)n1. The molecule has 3 aromatic rings. The topological polar surface area (TPSA) is 62.3 Å². The summed E-state index contributed by atoms with van der Waals surface area (Å²) in [6.07, 6.45) is 0. The number of nitrogens with one attached hydrogen (secondary N) is 1. The fraction of sp³-hybridized carbons (Fsp3) is 0.105. The first-order valence-corrected chi connectivity index (χ1v) is 9.21. The fourth-order valence-electron chi connectivity index (χ4n) is 2.33. The van der Waals surface area contributed by atoms with Crippen LogP contribution in [-0.4, -0.2) is 35.3 Å². The maximum absolute atomic E-state index is 13.0. The van der Waals surface area contributed by atoms with Crippen molar-refractivity contribution in [3.63, 3.8) is 0 Å². The molecule has 27 heavy (non-hydrogen) atoms. The summed E-state index contributed by atoms with van der Waals surface area (Å²) in [5, 5.41) is 5.30. The predicted octanol–water partition coefficient (Wildman–Crippen LogP) is 4.31. The van der Waals surface area contributed by atoms with Gasteiger partial charge in [0.2, 0.25) is 5.91 Å². The molecule has 0 aliphatic carbocycles. The number of aromatic nitrogens is 1. The summed E-state index contributed by atoms with van der Waals surface area (Å²) in [5.74, 6) is -1.09.